The fourth-order valence-corrected chi connectivity index (χ4v) is 2.45. The molecule has 0 aliphatic heterocycles. The van der Waals surface area contributed by atoms with E-state index >= 15 is 0 Å². The highest BCUT2D eigenvalue weighted by Gasteiger charge is 2.17. The molecule has 0 radical (unpaired) electrons. The molecule has 0 aliphatic carbocycles. The first-order valence-electron chi connectivity index (χ1n) is 6.72. The van der Waals surface area contributed by atoms with Crippen LogP contribution < -0.4 is 15.2 Å². The van der Waals surface area contributed by atoms with Gasteiger partial charge in [-0.3, -0.25) is 0 Å². The van der Waals surface area contributed by atoms with Crippen LogP contribution >= 0.6 is 0 Å². The van der Waals surface area contributed by atoms with E-state index in [1.807, 2.05) is 26.0 Å². The summed E-state index contributed by atoms with van der Waals surface area (Å²) >= 11 is 0. The number of halogens is 1. The summed E-state index contributed by atoms with van der Waals surface area (Å²) in [5.41, 5.74) is 9.93. The van der Waals surface area contributed by atoms with Crippen molar-refractivity contribution in [3.05, 3.63) is 58.4 Å². The lowest BCUT2D eigenvalue weighted by Gasteiger charge is -2.20. The second kappa shape index (κ2) is 6.14. The maximum Gasteiger partial charge on any atom is 0.161 e. The first kappa shape index (κ1) is 15.3. The number of rotatable bonds is 4. The Morgan fingerprint density at radius 2 is 1.48 bits per heavy atom. The van der Waals surface area contributed by atoms with Gasteiger partial charge in [-0.15, -0.1) is 0 Å². The van der Waals surface area contributed by atoms with E-state index < -0.39 is 6.04 Å². The summed E-state index contributed by atoms with van der Waals surface area (Å²) < 4.78 is 24.1. The molecule has 0 heterocycles. The van der Waals surface area contributed by atoms with E-state index in [2.05, 4.69) is 0 Å². The number of benzene rings is 2. The maximum atomic E-state index is 13.5. The van der Waals surface area contributed by atoms with E-state index in [4.69, 9.17) is 15.2 Å². The zero-order chi connectivity index (χ0) is 15.6. The van der Waals surface area contributed by atoms with Gasteiger partial charge in [-0.2, -0.15) is 0 Å². The van der Waals surface area contributed by atoms with Gasteiger partial charge in [0, 0.05) is 0 Å². The quantitative estimate of drug-likeness (QED) is 0.936. The van der Waals surface area contributed by atoms with Crippen LogP contribution in [0.4, 0.5) is 4.39 Å². The molecule has 2 N–H and O–H groups in total. The zero-order valence-corrected chi connectivity index (χ0v) is 12.7. The topological polar surface area (TPSA) is 44.5 Å². The molecule has 0 saturated carbocycles. The van der Waals surface area contributed by atoms with Crippen molar-refractivity contribution in [1.29, 1.82) is 0 Å². The number of methoxy groups -OCH3 is 2. The van der Waals surface area contributed by atoms with Gasteiger partial charge >= 0.3 is 0 Å². The van der Waals surface area contributed by atoms with Gasteiger partial charge < -0.3 is 15.2 Å². The van der Waals surface area contributed by atoms with Crippen LogP contribution in [0.3, 0.4) is 0 Å². The first-order chi connectivity index (χ1) is 9.97. The Morgan fingerprint density at radius 1 is 0.905 bits per heavy atom. The van der Waals surface area contributed by atoms with Crippen molar-refractivity contribution in [2.45, 2.75) is 19.9 Å². The Hall–Kier alpha value is -2.07. The second-order valence-electron chi connectivity index (χ2n) is 5.04. The van der Waals surface area contributed by atoms with Gasteiger partial charge in [0.25, 0.3) is 0 Å². The minimum atomic E-state index is -0.416. The predicted octanol–water partition coefficient (Wildman–Crippen LogP) is 3.51. The highest BCUT2D eigenvalue weighted by Crippen LogP contribution is 2.34. The average Bonchev–Trinajstić information content (AvgIpc) is 2.48. The van der Waals surface area contributed by atoms with Gasteiger partial charge in [0.1, 0.15) is 5.82 Å². The molecule has 112 valence electrons. The van der Waals surface area contributed by atoms with Crippen LogP contribution in [0.1, 0.15) is 28.3 Å². The van der Waals surface area contributed by atoms with Crippen LogP contribution in [-0.2, 0) is 0 Å². The largest absolute Gasteiger partial charge is 0.493 e. The van der Waals surface area contributed by atoms with Crippen LogP contribution in [0.25, 0.3) is 0 Å². The van der Waals surface area contributed by atoms with Gasteiger partial charge in [-0.25, -0.2) is 4.39 Å². The van der Waals surface area contributed by atoms with Crippen LogP contribution in [0.2, 0.25) is 0 Å². The molecule has 0 spiro atoms. The number of hydrogen-bond acceptors (Lipinski definition) is 3. The van der Waals surface area contributed by atoms with E-state index in [1.165, 1.54) is 12.1 Å². The summed E-state index contributed by atoms with van der Waals surface area (Å²) in [7, 11) is 3.17. The zero-order valence-electron chi connectivity index (χ0n) is 12.7. The third kappa shape index (κ3) is 3.00. The molecule has 2 aromatic carbocycles. The van der Waals surface area contributed by atoms with Crippen molar-refractivity contribution < 1.29 is 13.9 Å². The summed E-state index contributed by atoms with van der Waals surface area (Å²) in [4.78, 5) is 0. The fourth-order valence-electron chi connectivity index (χ4n) is 2.45. The van der Waals surface area contributed by atoms with Gasteiger partial charge in [-0.05, 0) is 60.4 Å². The molecule has 4 heteroatoms. The minimum Gasteiger partial charge on any atom is -0.493 e. The van der Waals surface area contributed by atoms with Gasteiger partial charge in [0.15, 0.2) is 11.5 Å². The van der Waals surface area contributed by atoms with Crippen LogP contribution in [0, 0.1) is 19.7 Å². The van der Waals surface area contributed by atoms with Gasteiger partial charge in [-0.1, -0.05) is 6.07 Å². The third-order valence-electron chi connectivity index (χ3n) is 3.68. The number of hydrogen-bond donors (Lipinski definition) is 1. The van der Waals surface area contributed by atoms with E-state index in [9.17, 15) is 4.39 Å². The Kier molecular flexibility index (Phi) is 4.48. The van der Waals surface area contributed by atoms with E-state index in [0.29, 0.717) is 11.5 Å². The molecule has 0 amide bonds. The lowest BCUT2D eigenvalue weighted by atomic mass is 9.92. The Labute approximate surface area is 124 Å². The molecule has 2 aromatic rings. The number of aryl methyl sites for hydroxylation is 2. The molecule has 0 bridgehead atoms. The van der Waals surface area contributed by atoms with Gasteiger partial charge in [0.05, 0.1) is 20.3 Å². The van der Waals surface area contributed by atoms with E-state index in [0.717, 1.165) is 22.3 Å². The lowest BCUT2D eigenvalue weighted by molar-refractivity contribution is 0.354. The molecule has 0 fully saturated rings. The lowest BCUT2D eigenvalue weighted by Crippen LogP contribution is -2.15. The number of nitrogens with two attached hydrogens (primary N) is 1. The molecule has 21 heavy (non-hydrogen) atoms. The van der Waals surface area contributed by atoms with Crippen LogP contribution in [-0.4, -0.2) is 14.2 Å². The summed E-state index contributed by atoms with van der Waals surface area (Å²) in [5, 5.41) is 0. The molecule has 0 saturated heterocycles. The van der Waals surface area contributed by atoms with Gasteiger partial charge in [0.2, 0.25) is 0 Å². The monoisotopic (exact) mass is 289 g/mol. The summed E-state index contributed by atoms with van der Waals surface area (Å²) in [5.74, 6) is 0.980. The smallest absolute Gasteiger partial charge is 0.161 e. The Morgan fingerprint density at radius 3 is 2.10 bits per heavy atom. The minimum absolute atomic E-state index is 0.288. The maximum absolute atomic E-state index is 13.5. The van der Waals surface area contributed by atoms with Crippen molar-refractivity contribution in [2.24, 2.45) is 5.73 Å². The number of ether oxygens (including phenoxy) is 2. The highest BCUT2D eigenvalue weighted by atomic mass is 19.1. The molecule has 1 atom stereocenters. The Bertz CT molecular complexity index is 655. The molecular formula is C17H20FNO2. The molecule has 0 aromatic heterocycles. The van der Waals surface area contributed by atoms with E-state index in [-0.39, 0.29) is 5.82 Å². The third-order valence-corrected chi connectivity index (χ3v) is 3.68. The van der Waals surface area contributed by atoms with Crippen molar-refractivity contribution in [1.82, 2.24) is 0 Å². The van der Waals surface area contributed by atoms with Crippen molar-refractivity contribution in [2.75, 3.05) is 14.2 Å². The fraction of sp³-hybridized carbons (Fsp3) is 0.294. The van der Waals surface area contributed by atoms with Crippen molar-refractivity contribution >= 4 is 0 Å². The standard InChI is InChI=1S/C17H20FNO2/c1-10-5-6-12(18)8-13(10)17(19)14-9-16(21-4)15(20-3)7-11(14)2/h5-9,17H,19H2,1-4H3. The predicted molar refractivity (Wildman–Crippen MR) is 81.5 cm³/mol. The van der Waals surface area contributed by atoms with Crippen LogP contribution in [0.5, 0.6) is 11.5 Å². The Balaban J connectivity index is 2.52. The second-order valence-corrected chi connectivity index (χ2v) is 5.04. The summed E-state index contributed by atoms with van der Waals surface area (Å²) in [6.45, 7) is 3.87. The van der Waals surface area contributed by atoms with Crippen LogP contribution in [0.15, 0.2) is 30.3 Å². The van der Waals surface area contributed by atoms with Crippen molar-refractivity contribution in [3.8, 4) is 11.5 Å². The normalized spacial score (nSPS) is 12.1. The highest BCUT2D eigenvalue weighted by molar-refractivity contribution is 5.50. The molecule has 1 unspecified atom stereocenters. The first-order valence-corrected chi connectivity index (χ1v) is 6.72. The SMILES string of the molecule is COc1cc(C)c(C(N)c2cc(F)ccc2C)cc1OC. The average molecular weight is 289 g/mol. The molecule has 3 nitrogen and oxygen atoms in total. The molecule has 0 aliphatic rings. The molecule has 2 rings (SSSR count). The summed E-state index contributed by atoms with van der Waals surface area (Å²) in [6.07, 6.45) is 0. The summed E-state index contributed by atoms with van der Waals surface area (Å²) in [6, 6.07) is 7.97. The van der Waals surface area contributed by atoms with E-state index in [1.54, 1.807) is 20.3 Å². The van der Waals surface area contributed by atoms with Crippen molar-refractivity contribution in [3.63, 3.8) is 0 Å². The molecular weight excluding hydrogens is 269 g/mol.